The lowest BCUT2D eigenvalue weighted by molar-refractivity contribution is 0.209. The maximum Gasteiger partial charge on any atom is 0.240 e. The molecular weight excluding hydrogens is 657 g/mol. The van der Waals surface area contributed by atoms with Crippen LogP contribution in [0.15, 0.2) is 70.9 Å². The third kappa shape index (κ3) is 7.79. The Labute approximate surface area is 261 Å². The number of hydrogen-bond acceptors (Lipinski definition) is 10. The molecule has 5 aromatic rings. The number of aromatic nitrogens is 4. The van der Waals surface area contributed by atoms with Gasteiger partial charge in [0.2, 0.25) is 10.3 Å². The van der Waals surface area contributed by atoms with Gasteiger partial charge in [-0.25, -0.2) is 19.3 Å². The summed E-state index contributed by atoms with van der Waals surface area (Å²) in [7, 11) is -2.43. The smallest absolute Gasteiger partial charge is 0.240 e. The number of halogens is 2. The standard InChI is InChI=1S/C30H27BrFN5O4S2/c1-17(2)9-28(43(38)39)41-18(3)30-37-26(15-42-30)24-12-22-25(13-33-24)34-16-35-29(22)36-21-7-8-27(23(31)11-21)40-14-19-5-4-6-20(32)10-19/h4-8,10-13,15-18H,9,14H2,1-3H3,(H,34,35,36). The third-order valence-corrected chi connectivity index (χ3v) is 8.46. The van der Waals surface area contributed by atoms with Crippen LogP contribution in [0.4, 0.5) is 15.9 Å². The Morgan fingerprint density at radius 2 is 1.91 bits per heavy atom. The van der Waals surface area contributed by atoms with Crippen LogP contribution in [0, 0.1) is 11.7 Å². The maximum atomic E-state index is 13.5. The summed E-state index contributed by atoms with van der Waals surface area (Å²) in [6, 6.07) is 13.7. The van der Waals surface area contributed by atoms with Gasteiger partial charge in [0.15, 0.2) is 5.05 Å². The van der Waals surface area contributed by atoms with Gasteiger partial charge in [0.05, 0.1) is 27.6 Å². The van der Waals surface area contributed by atoms with Crippen molar-refractivity contribution in [3.63, 3.8) is 0 Å². The SMILES string of the molecule is CC(C)CC(OC(C)c1nc(-c2cc3c(Nc4ccc(OCc5cccc(F)c5)c(Br)c4)ncnc3cn2)cs1)=S(=O)=O. The minimum absolute atomic E-state index is 0.0220. The minimum Gasteiger partial charge on any atom is -0.488 e. The number of fused-ring (bicyclic) bond motifs is 1. The molecule has 0 spiro atoms. The zero-order chi connectivity index (χ0) is 30.5. The lowest BCUT2D eigenvalue weighted by Crippen LogP contribution is -2.12. The Morgan fingerprint density at radius 3 is 2.65 bits per heavy atom. The van der Waals surface area contributed by atoms with Crippen molar-refractivity contribution in [2.24, 2.45) is 5.92 Å². The first-order valence-corrected chi connectivity index (χ1v) is 16.0. The lowest BCUT2D eigenvalue weighted by atomic mass is 10.1. The van der Waals surface area contributed by atoms with Crippen LogP contribution in [-0.2, 0) is 21.6 Å². The van der Waals surface area contributed by atoms with Crippen LogP contribution in [0.25, 0.3) is 22.3 Å². The van der Waals surface area contributed by atoms with E-state index in [9.17, 15) is 12.8 Å². The van der Waals surface area contributed by atoms with Gasteiger partial charge in [0, 0.05) is 22.9 Å². The molecule has 3 heterocycles. The van der Waals surface area contributed by atoms with Crippen molar-refractivity contribution < 1.29 is 22.3 Å². The Balaban J connectivity index is 1.34. The molecule has 43 heavy (non-hydrogen) atoms. The number of rotatable bonds is 10. The number of pyridine rings is 1. The summed E-state index contributed by atoms with van der Waals surface area (Å²) in [4.78, 5) is 18.0. The van der Waals surface area contributed by atoms with Crippen LogP contribution in [0.3, 0.4) is 0 Å². The molecule has 13 heteroatoms. The first kappa shape index (κ1) is 30.7. The summed E-state index contributed by atoms with van der Waals surface area (Å²) in [6.45, 7) is 5.87. The molecule has 0 amide bonds. The maximum absolute atomic E-state index is 13.5. The van der Waals surface area contributed by atoms with E-state index < -0.39 is 16.4 Å². The Bertz CT molecular complexity index is 1910. The Hall–Kier alpha value is -3.78. The second kappa shape index (κ2) is 13.7. The molecule has 0 saturated carbocycles. The fraction of sp³-hybridized carbons (Fsp3) is 0.233. The van der Waals surface area contributed by atoms with Crippen molar-refractivity contribution in [2.75, 3.05) is 5.32 Å². The number of nitrogens with one attached hydrogen (secondary N) is 1. The van der Waals surface area contributed by atoms with Gasteiger partial charge < -0.3 is 14.8 Å². The van der Waals surface area contributed by atoms with Gasteiger partial charge in [0.25, 0.3) is 0 Å². The third-order valence-electron chi connectivity index (χ3n) is 6.20. The van der Waals surface area contributed by atoms with Crippen molar-refractivity contribution in [2.45, 2.75) is 39.9 Å². The Morgan fingerprint density at radius 1 is 1.07 bits per heavy atom. The molecule has 5 rings (SSSR count). The largest absolute Gasteiger partial charge is 0.488 e. The van der Waals surface area contributed by atoms with Gasteiger partial charge in [-0.2, -0.15) is 8.42 Å². The molecule has 0 fully saturated rings. The molecule has 222 valence electrons. The molecule has 9 nitrogen and oxygen atoms in total. The minimum atomic E-state index is -2.43. The van der Waals surface area contributed by atoms with Crippen molar-refractivity contribution in [1.82, 2.24) is 19.9 Å². The zero-order valence-electron chi connectivity index (χ0n) is 23.4. The normalized spacial score (nSPS) is 12.0. The van der Waals surface area contributed by atoms with Crippen molar-refractivity contribution in [3.05, 3.63) is 87.3 Å². The fourth-order valence-electron chi connectivity index (χ4n) is 4.15. The van der Waals surface area contributed by atoms with E-state index in [0.29, 0.717) is 39.9 Å². The second-order valence-electron chi connectivity index (χ2n) is 10.0. The van der Waals surface area contributed by atoms with Crippen LogP contribution in [-0.4, -0.2) is 33.4 Å². The molecule has 0 bridgehead atoms. The summed E-state index contributed by atoms with van der Waals surface area (Å²) in [6.07, 6.45) is 2.90. The molecule has 3 aromatic heterocycles. The highest BCUT2D eigenvalue weighted by molar-refractivity contribution is 9.10. The predicted octanol–water partition coefficient (Wildman–Crippen LogP) is 7.51. The van der Waals surface area contributed by atoms with Gasteiger partial charge in [-0.15, -0.1) is 11.3 Å². The highest BCUT2D eigenvalue weighted by Crippen LogP contribution is 2.33. The van der Waals surface area contributed by atoms with Gasteiger partial charge in [-0.05, 0) is 70.7 Å². The molecule has 1 N–H and O–H groups in total. The summed E-state index contributed by atoms with van der Waals surface area (Å²) < 4.78 is 49.0. The van der Waals surface area contributed by atoms with Gasteiger partial charge in [-0.3, -0.25) is 4.98 Å². The summed E-state index contributed by atoms with van der Waals surface area (Å²) in [5.74, 6) is 1.02. The molecule has 0 saturated heterocycles. The number of benzene rings is 2. The summed E-state index contributed by atoms with van der Waals surface area (Å²) in [5, 5.41) is 6.59. The van der Waals surface area contributed by atoms with E-state index in [1.54, 1.807) is 25.3 Å². The van der Waals surface area contributed by atoms with Crippen molar-refractivity contribution in [1.29, 1.82) is 0 Å². The second-order valence-corrected chi connectivity index (χ2v) is 12.7. The average Bonchev–Trinajstić information content (AvgIpc) is 3.47. The van der Waals surface area contributed by atoms with Gasteiger partial charge in [0.1, 0.15) is 41.4 Å². The van der Waals surface area contributed by atoms with Gasteiger partial charge >= 0.3 is 0 Å². The van der Waals surface area contributed by atoms with Crippen molar-refractivity contribution in [3.8, 4) is 17.1 Å². The molecule has 0 aliphatic rings. The van der Waals surface area contributed by atoms with Crippen molar-refractivity contribution >= 4 is 65.0 Å². The highest BCUT2D eigenvalue weighted by atomic mass is 79.9. The predicted molar refractivity (Wildman–Crippen MR) is 169 cm³/mol. The highest BCUT2D eigenvalue weighted by Gasteiger charge is 2.18. The summed E-state index contributed by atoms with van der Waals surface area (Å²) >= 11 is 4.92. The number of anilines is 2. The first-order valence-electron chi connectivity index (χ1n) is 13.3. The number of ether oxygens (including phenoxy) is 2. The monoisotopic (exact) mass is 683 g/mol. The van der Waals surface area contributed by atoms with E-state index in [-0.39, 0.29) is 23.4 Å². The average molecular weight is 685 g/mol. The van der Waals surface area contributed by atoms with E-state index in [0.717, 1.165) is 21.1 Å². The Kier molecular flexibility index (Phi) is 9.76. The van der Waals surface area contributed by atoms with E-state index >= 15 is 0 Å². The lowest BCUT2D eigenvalue weighted by Gasteiger charge is -2.12. The van der Waals surface area contributed by atoms with E-state index in [2.05, 4.69) is 41.2 Å². The molecule has 0 radical (unpaired) electrons. The molecular formula is C30H27BrFN5O4S2. The fourth-order valence-corrected chi connectivity index (χ4v) is 6.13. The van der Waals surface area contributed by atoms with Crippen LogP contribution in [0.5, 0.6) is 5.75 Å². The molecule has 0 aliphatic heterocycles. The molecule has 1 atom stereocenters. The van der Waals surface area contributed by atoms with E-state index in [1.807, 2.05) is 43.5 Å². The molecule has 1 unspecified atom stereocenters. The zero-order valence-corrected chi connectivity index (χ0v) is 26.6. The van der Waals surface area contributed by atoms with E-state index in [4.69, 9.17) is 9.47 Å². The molecule has 0 aliphatic carbocycles. The number of nitrogens with zero attached hydrogens (tertiary/aromatic N) is 4. The van der Waals surface area contributed by atoms with Crippen LogP contribution < -0.4 is 10.1 Å². The summed E-state index contributed by atoms with van der Waals surface area (Å²) in [5.41, 5.74) is 3.38. The molecule has 2 aromatic carbocycles. The quantitative estimate of drug-likeness (QED) is 0.149. The topological polar surface area (TPSA) is 116 Å². The first-order chi connectivity index (χ1) is 20.7. The number of thiazole rings is 1. The van der Waals surface area contributed by atoms with E-state index in [1.165, 1.54) is 29.8 Å². The van der Waals surface area contributed by atoms with Crippen LogP contribution >= 0.6 is 27.3 Å². The van der Waals surface area contributed by atoms with Crippen LogP contribution in [0.1, 0.15) is 43.9 Å². The number of hydrogen-bond donors (Lipinski definition) is 1. The van der Waals surface area contributed by atoms with Gasteiger partial charge in [-0.1, -0.05) is 26.0 Å². The van der Waals surface area contributed by atoms with Crippen LogP contribution in [0.2, 0.25) is 0 Å².